The second-order valence-electron chi connectivity index (χ2n) is 5.92. The van der Waals surface area contributed by atoms with Crippen molar-refractivity contribution in [1.29, 1.82) is 0 Å². The third-order valence-corrected chi connectivity index (χ3v) is 5.66. The Kier molecular flexibility index (Phi) is 3.95. The van der Waals surface area contributed by atoms with E-state index in [1.165, 1.54) is 4.88 Å². The van der Waals surface area contributed by atoms with Crippen LogP contribution in [0.4, 0.5) is 0 Å². The minimum Gasteiger partial charge on any atom is -0.382 e. The molecule has 24 heavy (non-hydrogen) atoms. The van der Waals surface area contributed by atoms with Crippen LogP contribution in [-0.4, -0.2) is 39.6 Å². The van der Waals surface area contributed by atoms with E-state index in [0.29, 0.717) is 6.61 Å². The maximum Gasteiger partial charge on any atom is 0.263 e. The van der Waals surface area contributed by atoms with Crippen LogP contribution >= 0.6 is 11.3 Å². The Morgan fingerprint density at radius 1 is 1.50 bits per heavy atom. The van der Waals surface area contributed by atoms with Crippen LogP contribution in [0.1, 0.15) is 22.2 Å². The van der Waals surface area contributed by atoms with Crippen LogP contribution in [-0.2, 0) is 24.8 Å². The Morgan fingerprint density at radius 2 is 2.38 bits per heavy atom. The van der Waals surface area contributed by atoms with Crippen molar-refractivity contribution < 1.29 is 4.74 Å². The lowest BCUT2D eigenvalue weighted by Gasteiger charge is -2.19. The minimum atomic E-state index is -0.246. The fourth-order valence-electron chi connectivity index (χ4n) is 3.33. The van der Waals surface area contributed by atoms with Gasteiger partial charge >= 0.3 is 0 Å². The van der Waals surface area contributed by atoms with Gasteiger partial charge in [-0.05, 0) is 24.6 Å². The number of ether oxygens (including phenoxy) is 1. The van der Waals surface area contributed by atoms with Crippen molar-refractivity contribution in [3.63, 3.8) is 0 Å². The molecule has 3 aromatic heterocycles. The fourth-order valence-corrected chi connectivity index (χ4v) is 4.47. The van der Waals surface area contributed by atoms with Crippen molar-refractivity contribution in [3.8, 4) is 0 Å². The summed E-state index contributed by atoms with van der Waals surface area (Å²) in [5.74, 6) is 0. The van der Waals surface area contributed by atoms with E-state index in [1.807, 2.05) is 13.1 Å². The maximum absolute atomic E-state index is 13.2. The number of aryl methyl sites for hydroxylation is 1. The molecule has 7 nitrogen and oxygen atoms in total. The number of rotatable bonds is 4. The van der Waals surface area contributed by atoms with E-state index in [0.717, 1.165) is 41.0 Å². The third-order valence-electron chi connectivity index (χ3n) is 4.52. The van der Waals surface area contributed by atoms with Gasteiger partial charge in [-0.3, -0.25) is 14.0 Å². The Balaban J connectivity index is 1.91. The van der Waals surface area contributed by atoms with Gasteiger partial charge in [-0.25, -0.2) is 4.98 Å². The molecule has 0 aliphatic carbocycles. The van der Waals surface area contributed by atoms with Gasteiger partial charge < -0.3 is 10.1 Å². The van der Waals surface area contributed by atoms with Crippen LogP contribution in [0.5, 0.6) is 0 Å². The van der Waals surface area contributed by atoms with Gasteiger partial charge in [-0.2, -0.15) is 5.10 Å². The fraction of sp³-hybridized carbons (Fsp3) is 0.438. The number of methoxy groups -OCH3 is 1. The monoisotopic (exact) mass is 345 g/mol. The van der Waals surface area contributed by atoms with Gasteiger partial charge in [0.05, 0.1) is 24.0 Å². The van der Waals surface area contributed by atoms with E-state index in [1.54, 1.807) is 40.2 Å². The second kappa shape index (κ2) is 6.12. The molecule has 1 aliphatic rings. The summed E-state index contributed by atoms with van der Waals surface area (Å²) in [4.78, 5) is 19.8. The average Bonchev–Trinajstić information content (AvgIpc) is 3.17. The highest BCUT2D eigenvalue weighted by Crippen LogP contribution is 2.30. The standard InChI is InChI=1S/C16H19N5O2S/c1-20-11(4-6-19-20)12(8-23-2)21-9-18-15-14(16(21)22)10-3-5-17-7-13(10)24-15/h4,6,9,12,17H,3,5,7-8H2,1-2H3/t12-/m1/s1. The molecule has 0 radical (unpaired) electrons. The van der Waals surface area contributed by atoms with E-state index in [-0.39, 0.29) is 11.6 Å². The topological polar surface area (TPSA) is 74.0 Å². The molecule has 4 rings (SSSR count). The summed E-state index contributed by atoms with van der Waals surface area (Å²) in [6.45, 7) is 2.11. The van der Waals surface area contributed by atoms with Gasteiger partial charge in [-0.1, -0.05) is 0 Å². The Labute approximate surface area is 142 Å². The van der Waals surface area contributed by atoms with Crippen LogP contribution in [0, 0.1) is 0 Å². The largest absolute Gasteiger partial charge is 0.382 e. The first-order chi connectivity index (χ1) is 11.7. The van der Waals surface area contributed by atoms with E-state index in [2.05, 4.69) is 15.4 Å². The van der Waals surface area contributed by atoms with Crippen LogP contribution in [0.2, 0.25) is 0 Å². The summed E-state index contributed by atoms with van der Waals surface area (Å²) in [6, 6.07) is 1.66. The normalized spacial score (nSPS) is 15.6. The Bertz CT molecular complexity index is 942. The molecule has 0 fully saturated rings. The summed E-state index contributed by atoms with van der Waals surface area (Å²) >= 11 is 1.61. The van der Waals surface area contributed by atoms with Crippen LogP contribution in [0.25, 0.3) is 10.2 Å². The smallest absolute Gasteiger partial charge is 0.263 e. The lowest BCUT2D eigenvalue weighted by atomic mass is 10.1. The molecule has 0 amide bonds. The number of thiophene rings is 1. The van der Waals surface area contributed by atoms with Crippen LogP contribution in [0.3, 0.4) is 0 Å². The molecule has 1 aliphatic heterocycles. The summed E-state index contributed by atoms with van der Waals surface area (Å²) in [5, 5.41) is 8.33. The molecule has 0 spiro atoms. The second-order valence-corrected chi connectivity index (χ2v) is 7.00. The number of hydrogen-bond acceptors (Lipinski definition) is 6. The molecule has 0 saturated heterocycles. The molecule has 0 unspecified atom stereocenters. The molecular formula is C16H19N5O2S. The zero-order chi connectivity index (χ0) is 16.7. The summed E-state index contributed by atoms with van der Waals surface area (Å²) in [5.41, 5.74) is 2.08. The third kappa shape index (κ3) is 2.38. The first-order valence-corrected chi connectivity index (χ1v) is 8.71. The van der Waals surface area contributed by atoms with Gasteiger partial charge in [0.2, 0.25) is 0 Å². The summed E-state index contributed by atoms with van der Waals surface area (Å²) in [7, 11) is 3.51. The van der Waals surface area contributed by atoms with Gasteiger partial charge in [0, 0.05) is 31.8 Å². The maximum atomic E-state index is 13.2. The molecule has 4 heterocycles. The van der Waals surface area contributed by atoms with E-state index in [4.69, 9.17) is 4.74 Å². The SMILES string of the molecule is COC[C@H](c1ccnn1C)n1cnc2sc3c(c2c1=O)CCNC3. The molecule has 126 valence electrons. The molecule has 0 saturated carbocycles. The first-order valence-electron chi connectivity index (χ1n) is 7.89. The Morgan fingerprint density at radius 3 is 3.12 bits per heavy atom. The van der Waals surface area contributed by atoms with Crippen molar-refractivity contribution in [2.24, 2.45) is 7.05 Å². The summed E-state index contributed by atoms with van der Waals surface area (Å²) in [6.07, 6.45) is 4.24. The summed E-state index contributed by atoms with van der Waals surface area (Å²) < 4.78 is 8.81. The molecule has 0 aromatic carbocycles. The van der Waals surface area contributed by atoms with Crippen molar-refractivity contribution in [2.75, 3.05) is 20.3 Å². The van der Waals surface area contributed by atoms with E-state index < -0.39 is 0 Å². The van der Waals surface area contributed by atoms with E-state index in [9.17, 15) is 4.79 Å². The minimum absolute atomic E-state index is 0.00245. The zero-order valence-corrected chi connectivity index (χ0v) is 14.5. The highest BCUT2D eigenvalue weighted by Gasteiger charge is 2.24. The lowest BCUT2D eigenvalue weighted by Crippen LogP contribution is -2.30. The van der Waals surface area contributed by atoms with E-state index >= 15 is 0 Å². The molecule has 1 atom stereocenters. The lowest BCUT2D eigenvalue weighted by molar-refractivity contribution is 0.164. The first kappa shape index (κ1) is 15.5. The zero-order valence-electron chi connectivity index (χ0n) is 13.7. The molecular weight excluding hydrogens is 326 g/mol. The average molecular weight is 345 g/mol. The number of nitrogens with one attached hydrogen (secondary N) is 1. The highest BCUT2D eigenvalue weighted by atomic mass is 32.1. The molecule has 0 bridgehead atoms. The van der Waals surface area contributed by atoms with Crippen molar-refractivity contribution in [3.05, 3.63) is 45.1 Å². The number of hydrogen-bond donors (Lipinski definition) is 1. The predicted molar refractivity (Wildman–Crippen MR) is 92.5 cm³/mol. The van der Waals surface area contributed by atoms with Crippen LogP contribution in [0.15, 0.2) is 23.4 Å². The van der Waals surface area contributed by atoms with Gasteiger partial charge in [0.1, 0.15) is 10.9 Å². The quantitative estimate of drug-likeness (QED) is 0.766. The van der Waals surface area contributed by atoms with Gasteiger partial charge in [0.25, 0.3) is 5.56 Å². The number of nitrogens with zero attached hydrogens (tertiary/aromatic N) is 4. The van der Waals surface area contributed by atoms with Crippen molar-refractivity contribution in [1.82, 2.24) is 24.6 Å². The van der Waals surface area contributed by atoms with Crippen LogP contribution < -0.4 is 10.9 Å². The number of fused-ring (bicyclic) bond motifs is 3. The van der Waals surface area contributed by atoms with Crippen molar-refractivity contribution in [2.45, 2.75) is 19.0 Å². The van der Waals surface area contributed by atoms with Crippen molar-refractivity contribution >= 4 is 21.6 Å². The van der Waals surface area contributed by atoms with Gasteiger partial charge in [0.15, 0.2) is 0 Å². The van der Waals surface area contributed by atoms with Gasteiger partial charge in [-0.15, -0.1) is 11.3 Å². The molecule has 1 N–H and O–H groups in total. The number of aromatic nitrogens is 4. The highest BCUT2D eigenvalue weighted by molar-refractivity contribution is 7.18. The predicted octanol–water partition coefficient (Wildman–Crippen LogP) is 1.07. The Hall–Kier alpha value is -2.03. The molecule has 8 heteroatoms. The molecule has 3 aromatic rings.